The molecule has 0 aliphatic carbocycles. The maximum Gasteiger partial charge on any atom is 0.159 e. The average Bonchev–Trinajstić information content (AvgIpc) is 2.10. The highest BCUT2D eigenvalue weighted by molar-refractivity contribution is 5.13. The predicted octanol–water partition coefficient (Wildman–Crippen LogP) is 1.30. The molecule has 0 aromatic carbocycles. The molecule has 0 spiro atoms. The van der Waals surface area contributed by atoms with Gasteiger partial charge in [-0.1, -0.05) is 19.9 Å². The van der Waals surface area contributed by atoms with Gasteiger partial charge in [0.15, 0.2) is 5.82 Å². The summed E-state index contributed by atoms with van der Waals surface area (Å²) >= 11 is 0. The number of hydrogen-bond donors (Lipinski definition) is 2. The Hall–Kier alpha value is -1.16. The summed E-state index contributed by atoms with van der Waals surface area (Å²) in [6.45, 7) is 4.11. The second-order valence-electron chi connectivity index (χ2n) is 3.03. The quantitative estimate of drug-likeness (QED) is 0.439. The summed E-state index contributed by atoms with van der Waals surface area (Å²) in [6, 6.07) is 0. The number of allylic oxidation sites excluding steroid dienone is 2. The van der Waals surface area contributed by atoms with Gasteiger partial charge in [-0.3, -0.25) is 0 Å². The lowest BCUT2D eigenvalue weighted by atomic mass is 9.93. The van der Waals surface area contributed by atoms with Crippen LogP contribution in [-0.2, 0) is 0 Å². The van der Waals surface area contributed by atoms with E-state index in [4.69, 9.17) is 5.84 Å². The summed E-state index contributed by atoms with van der Waals surface area (Å²) in [4.78, 5) is 0. The first kappa shape index (κ1) is 7.94. The first-order chi connectivity index (χ1) is 5.14. The van der Waals surface area contributed by atoms with E-state index in [2.05, 4.69) is 29.5 Å². The van der Waals surface area contributed by atoms with Gasteiger partial charge in [-0.05, 0) is 6.08 Å². The van der Waals surface area contributed by atoms with Crippen LogP contribution < -0.4 is 11.3 Å². The standard InChI is InChI=1S/C7H12N4/c1-7(2)3-4-9-11-6(5-7)10-8/h3-5,10H,8H2,1-2H3. The lowest BCUT2D eigenvalue weighted by Crippen LogP contribution is -2.21. The van der Waals surface area contributed by atoms with Crippen molar-refractivity contribution in [1.82, 2.24) is 5.43 Å². The average molecular weight is 152 g/mol. The third-order valence-corrected chi connectivity index (χ3v) is 1.39. The van der Waals surface area contributed by atoms with Crippen molar-refractivity contribution < 1.29 is 0 Å². The van der Waals surface area contributed by atoms with Crippen LogP contribution in [0.25, 0.3) is 0 Å². The van der Waals surface area contributed by atoms with Gasteiger partial charge in [0.05, 0.1) is 0 Å². The van der Waals surface area contributed by atoms with Gasteiger partial charge < -0.3 is 5.43 Å². The van der Waals surface area contributed by atoms with Gasteiger partial charge >= 0.3 is 0 Å². The number of hydrogen-bond acceptors (Lipinski definition) is 4. The van der Waals surface area contributed by atoms with E-state index in [0.29, 0.717) is 5.82 Å². The van der Waals surface area contributed by atoms with Gasteiger partial charge in [-0.15, -0.1) is 5.11 Å². The molecule has 4 heteroatoms. The SMILES string of the molecule is CC1(C)C=CN=NC(NN)=C1. The fraction of sp³-hybridized carbons (Fsp3) is 0.429. The molecular weight excluding hydrogens is 140 g/mol. The second-order valence-corrected chi connectivity index (χ2v) is 3.03. The van der Waals surface area contributed by atoms with Crippen LogP contribution in [0.2, 0.25) is 0 Å². The summed E-state index contributed by atoms with van der Waals surface area (Å²) in [7, 11) is 0. The number of hydrazine groups is 1. The Bertz CT molecular complexity index is 225. The van der Waals surface area contributed by atoms with Gasteiger partial charge in [0.2, 0.25) is 0 Å². The van der Waals surface area contributed by atoms with E-state index in [-0.39, 0.29) is 5.41 Å². The van der Waals surface area contributed by atoms with Crippen molar-refractivity contribution in [2.24, 2.45) is 21.5 Å². The van der Waals surface area contributed by atoms with Crippen LogP contribution in [0.5, 0.6) is 0 Å². The molecule has 0 bridgehead atoms. The lowest BCUT2D eigenvalue weighted by molar-refractivity contribution is 0.613. The molecule has 11 heavy (non-hydrogen) atoms. The lowest BCUT2D eigenvalue weighted by Gasteiger charge is -2.12. The Labute approximate surface area is 65.9 Å². The fourth-order valence-electron chi connectivity index (χ4n) is 0.821. The number of rotatable bonds is 1. The maximum absolute atomic E-state index is 5.19. The van der Waals surface area contributed by atoms with Gasteiger partial charge in [0.1, 0.15) is 0 Å². The van der Waals surface area contributed by atoms with Crippen molar-refractivity contribution in [1.29, 1.82) is 0 Å². The zero-order valence-electron chi connectivity index (χ0n) is 6.70. The van der Waals surface area contributed by atoms with E-state index in [0.717, 1.165) is 0 Å². The minimum absolute atomic E-state index is 0.0365. The van der Waals surface area contributed by atoms with Crippen molar-refractivity contribution in [3.63, 3.8) is 0 Å². The van der Waals surface area contributed by atoms with Crippen molar-refractivity contribution in [2.45, 2.75) is 13.8 Å². The van der Waals surface area contributed by atoms with Crippen LogP contribution in [0.1, 0.15) is 13.8 Å². The Morgan fingerprint density at radius 2 is 2.27 bits per heavy atom. The van der Waals surface area contributed by atoms with Gasteiger partial charge in [0.25, 0.3) is 0 Å². The molecule has 0 unspecified atom stereocenters. The number of nitrogens with one attached hydrogen (secondary N) is 1. The Morgan fingerprint density at radius 1 is 1.55 bits per heavy atom. The maximum atomic E-state index is 5.19. The van der Waals surface area contributed by atoms with Crippen LogP contribution >= 0.6 is 0 Å². The number of nitrogens with two attached hydrogens (primary N) is 1. The molecular formula is C7H12N4. The number of nitrogens with zero attached hydrogens (tertiary/aromatic N) is 2. The molecule has 4 nitrogen and oxygen atoms in total. The van der Waals surface area contributed by atoms with Crippen LogP contribution in [-0.4, -0.2) is 0 Å². The number of azo groups is 1. The highest BCUT2D eigenvalue weighted by Crippen LogP contribution is 2.22. The summed E-state index contributed by atoms with van der Waals surface area (Å²) in [5, 5.41) is 7.55. The van der Waals surface area contributed by atoms with Crippen molar-refractivity contribution >= 4 is 0 Å². The molecule has 3 N–H and O–H groups in total. The third kappa shape index (κ3) is 2.16. The smallest absolute Gasteiger partial charge is 0.159 e. The highest BCUT2D eigenvalue weighted by atomic mass is 15.3. The molecule has 0 amide bonds. The van der Waals surface area contributed by atoms with E-state index in [1.54, 1.807) is 6.20 Å². The van der Waals surface area contributed by atoms with Crippen LogP contribution in [0.4, 0.5) is 0 Å². The summed E-state index contributed by atoms with van der Waals surface area (Å²) in [5.74, 6) is 5.79. The first-order valence-corrected chi connectivity index (χ1v) is 3.42. The molecule has 0 aromatic heterocycles. The van der Waals surface area contributed by atoms with E-state index in [1.807, 2.05) is 12.2 Å². The highest BCUT2D eigenvalue weighted by Gasteiger charge is 2.12. The zero-order valence-corrected chi connectivity index (χ0v) is 6.70. The Kier molecular flexibility index (Phi) is 2.05. The minimum atomic E-state index is -0.0365. The van der Waals surface area contributed by atoms with E-state index >= 15 is 0 Å². The van der Waals surface area contributed by atoms with Crippen molar-refractivity contribution in [2.75, 3.05) is 0 Å². The fourth-order valence-corrected chi connectivity index (χ4v) is 0.821. The molecule has 0 fully saturated rings. The Morgan fingerprint density at radius 3 is 2.91 bits per heavy atom. The van der Waals surface area contributed by atoms with Crippen LogP contribution in [0.15, 0.2) is 34.4 Å². The van der Waals surface area contributed by atoms with Crippen LogP contribution in [0.3, 0.4) is 0 Å². The molecule has 0 aromatic rings. The second kappa shape index (κ2) is 2.84. The topological polar surface area (TPSA) is 62.8 Å². The van der Waals surface area contributed by atoms with Gasteiger partial charge in [-0.25, -0.2) is 5.84 Å². The molecule has 1 aliphatic heterocycles. The van der Waals surface area contributed by atoms with Gasteiger partial charge in [-0.2, -0.15) is 5.11 Å². The molecule has 1 rings (SSSR count). The van der Waals surface area contributed by atoms with E-state index < -0.39 is 0 Å². The van der Waals surface area contributed by atoms with E-state index in [1.165, 1.54) is 0 Å². The Balaban J connectivity index is 2.90. The van der Waals surface area contributed by atoms with E-state index in [9.17, 15) is 0 Å². The molecule has 0 atom stereocenters. The molecule has 0 radical (unpaired) electrons. The monoisotopic (exact) mass is 152 g/mol. The van der Waals surface area contributed by atoms with Crippen molar-refractivity contribution in [3.8, 4) is 0 Å². The summed E-state index contributed by atoms with van der Waals surface area (Å²) in [5.41, 5.74) is 2.42. The molecule has 0 saturated carbocycles. The van der Waals surface area contributed by atoms with Crippen LogP contribution in [0, 0.1) is 5.41 Å². The summed E-state index contributed by atoms with van der Waals surface area (Å²) in [6.07, 6.45) is 5.54. The molecule has 0 saturated heterocycles. The zero-order chi connectivity index (χ0) is 8.32. The molecule has 1 aliphatic rings. The van der Waals surface area contributed by atoms with Crippen molar-refractivity contribution in [3.05, 3.63) is 24.2 Å². The third-order valence-electron chi connectivity index (χ3n) is 1.39. The largest absolute Gasteiger partial charge is 0.307 e. The summed E-state index contributed by atoms with van der Waals surface area (Å²) < 4.78 is 0. The minimum Gasteiger partial charge on any atom is -0.307 e. The normalized spacial score (nSPS) is 20.8. The molecule has 60 valence electrons. The predicted molar refractivity (Wildman–Crippen MR) is 43.2 cm³/mol. The first-order valence-electron chi connectivity index (χ1n) is 3.42. The van der Waals surface area contributed by atoms with Gasteiger partial charge in [0, 0.05) is 11.6 Å². The molecule has 1 heterocycles.